The van der Waals surface area contributed by atoms with Gasteiger partial charge in [0.25, 0.3) is 0 Å². The highest BCUT2D eigenvalue weighted by Crippen LogP contribution is 2.36. The molecule has 0 heterocycles. The van der Waals surface area contributed by atoms with Crippen LogP contribution in [0.15, 0.2) is 48.2 Å². The molecule has 7 heteroatoms. The quantitative estimate of drug-likeness (QED) is 0.619. The maximum absolute atomic E-state index is 11.4. The van der Waals surface area contributed by atoms with E-state index in [9.17, 15) is 14.5 Å². The molecule has 6 nitrogen and oxygen atoms in total. The number of nitrogens with one attached hydrogen (secondary N) is 1. The summed E-state index contributed by atoms with van der Waals surface area (Å²) in [6.07, 6.45) is 4.79. The van der Waals surface area contributed by atoms with Gasteiger partial charge in [0, 0.05) is 17.7 Å². The fraction of sp³-hybridized carbons (Fsp3) is 0.267. The normalized spacial score (nSPS) is 19.7. The van der Waals surface area contributed by atoms with Crippen molar-refractivity contribution in [2.24, 2.45) is 5.92 Å². The highest BCUT2D eigenvalue weighted by molar-refractivity contribution is 7.49. The molecule has 22 heavy (non-hydrogen) atoms. The third-order valence-corrected chi connectivity index (χ3v) is 4.06. The zero-order valence-corrected chi connectivity index (χ0v) is 12.9. The van der Waals surface area contributed by atoms with Crippen molar-refractivity contribution in [2.75, 3.05) is 0 Å². The Morgan fingerprint density at radius 1 is 1.36 bits per heavy atom. The zero-order valence-electron chi connectivity index (χ0n) is 12.0. The molecule has 2 rings (SSSR count). The van der Waals surface area contributed by atoms with Crippen molar-refractivity contribution in [3.63, 3.8) is 0 Å². The molecular weight excluding hydrogens is 305 g/mol. The van der Waals surface area contributed by atoms with Gasteiger partial charge in [-0.15, -0.1) is 0 Å². The maximum Gasteiger partial charge on any atom is 0.427 e. The number of ketones is 1. The minimum absolute atomic E-state index is 0.0388. The number of carbonyl (C=O) groups excluding carboxylic acids is 1. The fourth-order valence-corrected chi connectivity index (χ4v) is 3.03. The van der Waals surface area contributed by atoms with E-state index in [1.165, 1.54) is 12.2 Å². The number of allylic oxidation sites excluding steroid dienone is 3. The summed E-state index contributed by atoms with van der Waals surface area (Å²) in [4.78, 5) is 29.5. The van der Waals surface area contributed by atoms with Crippen molar-refractivity contribution in [2.45, 2.75) is 19.3 Å². The Hall–Kier alpha value is -1.88. The Bertz CT molecular complexity index is 676. The summed E-state index contributed by atoms with van der Waals surface area (Å²) in [5.74, 6) is -0.403. The number of hydrogen-bond donors (Lipinski definition) is 4. The molecule has 0 saturated heterocycles. The molecule has 2 unspecified atom stereocenters. The number of carbonyl (C=O) groups is 1. The first kappa shape index (κ1) is 16.5. The third kappa shape index (κ3) is 4.56. The van der Waals surface area contributed by atoms with E-state index in [1.54, 1.807) is 24.3 Å². The summed E-state index contributed by atoms with van der Waals surface area (Å²) in [7, 11) is -4.47. The largest absolute Gasteiger partial charge is 0.508 e. The number of benzene rings is 1. The van der Waals surface area contributed by atoms with Crippen molar-refractivity contribution in [1.82, 2.24) is 5.09 Å². The predicted octanol–water partition coefficient (Wildman–Crippen LogP) is 2.21. The molecule has 1 aromatic rings. The molecule has 0 amide bonds. The molecule has 0 aliphatic heterocycles. The van der Waals surface area contributed by atoms with Crippen molar-refractivity contribution < 1.29 is 24.3 Å². The van der Waals surface area contributed by atoms with Crippen molar-refractivity contribution in [3.05, 3.63) is 53.8 Å². The topological polar surface area (TPSA) is 107 Å². The average Bonchev–Trinajstić information content (AvgIpc) is 2.40. The first-order valence-corrected chi connectivity index (χ1v) is 8.42. The van der Waals surface area contributed by atoms with Gasteiger partial charge < -0.3 is 14.9 Å². The van der Waals surface area contributed by atoms with Gasteiger partial charge >= 0.3 is 7.75 Å². The van der Waals surface area contributed by atoms with Crippen LogP contribution in [0.3, 0.4) is 0 Å². The van der Waals surface area contributed by atoms with Crippen LogP contribution in [0.25, 0.3) is 0 Å². The second-order valence-electron chi connectivity index (χ2n) is 5.36. The van der Waals surface area contributed by atoms with Gasteiger partial charge in [0.1, 0.15) is 5.75 Å². The number of hydrogen-bond acceptors (Lipinski definition) is 3. The van der Waals surface area contributed by atoms with E-state index in [2.05, 4.69) is 5.09 Å². The lowest BCUT2D eigenvalue weighted by molar-refractivity contribution is -0.110. The molecule has 2 atom stereocenters. The lowest BCUT2D eigenvalue weighted by Gasteiger charge is -2.24. The average molecular weight is 323 g/mol. The minimum Gasteiger partial charge on any atom is -0.508 e. The number of phenols is 1. The van der Waals surface area contributed by atoms with Crippen LogP contribution in [0.2, 0.25) is 0 Å². The molecule has 1 aliphatic rings. The predicted molar refractivity (Wildman–Crippen MR) is 82.0 cm³/mol. The second-order valence-corrected chi connectivity index (χ2v) is 6.67. The first-order valence-electron chi connectivity index (χ1n) is 6.81. The smallest absolute Gasteiger partial charge is 0.427 e. The van der Waals surface area contributed by atoms with E-state index < -0.39 is 7.75 Å². The first-order chi connectivity index (χ1) is 10.2. The summed E-state index contributed by atoms with van der Waals surface area (Å²) in [6, 6.07) is 6.85. The van der Waals surface area contributed by atoms with Gasteiger partial charge in [-0.3, -0.25) is 9.88 Å². The van der Waals surface area contributed by atoms with Gasteiger partial charge in [-0.05, 0) is 36.1 Å². The lowest BCUT2D eigenvalue weighted by Crippen LogP contribution is -2.21. The maximum atomic E-state index is 11.4. The molecule has 118 valence electrons. The van der Waals surface area contributed by atoms with E-state index in [1.807, 2.05) is 13.0 Å². The van der Waals surface area contributed by atoms with Crippen LogP contribution in [0, 0.1) is 5.92 Å². The van der Waals surface area contributed by atoms with Gasteiger partial charge in [0.15, 0.2) is 5.78 Å². The van der Waals surface area contributed by atoms with Gasteiger partial charge in [-0.25, -0.2) is 4.57 Å². The third-order valence-electron chi connectivity index (χ3n) is 3.51. The van der Waals surface area contributed by atoms with Crippen LogP contribution in [0.4, 0.5) is 0 Å². The lowest BCUT2D eigenvalue weighted by atomic mass is 9.86. The fourth-order valence-electron chi connectivity index (χ4n) is 2.46. The Balaban J connectivity index is 2.16. The van der Waals surface area contributed by atoms with Crippen molar-refractivity contribution in [1.29, 1.82) is 0 Å². The monoisotopic (exact) mass is 323 g/mol. The summed E-state index contributed by atoms with van der Waals surface area (Å²) in [5.41, 5.74) is 1.13. The van der Waals surface area contributed by atoms with Crippen LogP contribution < -0.4 is 5.09 Å². The number of phenolic OH excluding ortho intramolecular Hbond substituents is 1. The summed E-state index contributed by atoms with van der Waals surface area (Å²) < 4.78 is 11.1. The summed E-state index contributed by atoms with van der Waals surface area (Å²) in [6.45, 7) is 1.95. The van der Waals surface area contributed by atoms with Gasteiger partial charge in [-0.2, -0.15) is 0 Å². The Kier molecular flexibility index (Phi) is 4.86. The van der Waals surface area contributed by atoms with Crippen LogP contribution in [-0.2, 0) is 9.36 Å². The molecule has 1 aliphatic carbocycles. The van der Waals surface area contributed by atoms with Gasteiger partial charge in [0.2, 0.25) is 0 Å². The molecule has 1 aromatic carbocycles. The molecular formula is C15H18NO5P. The molecule has 0 saturated carbocycles. The van der Waals surface area contributed by atoms with Crippen LogP contribution in [0.5, 0.6) is 5.75 Å². The van der Waals surface area contributed by atoms with E-state index in [4.69, 9.17) is 9.79 Å². The SMILES string of the molecule is CC(CC1C=CC(=O)C=C1NP(=O)(O)O)c1cccc(O)c1. The zero-order chi connectivity index (χ0) is 16.3. The highest BCUT2D eigenvalue weighted by Gasteiger charge is 2.25. The van der Waals surface area contributed by atoms with Gasteiger partial charge in [0.05, 0.1) is 0 Å². The van der Waals surface area contributed by atoms with Crippen molar-refractivity contribution in [3.8, 4) is 5.75 Å². The highest BCUT2D eigenvalue weighted by atomic mass is 31.2. The molecule has 4 N–H and O–H groups in total. The van der Waals surface area contributed by atoms with Crippen LogP contribution in [-0.4, -0.2) is 20.7 Å². The van der Waals surface area contributed by atoms with E-state index in [0.29, 0.717) is 6.42 Å². The summed E-state index contributed by atoms with van der Waals surface area (Å²) >= 11 is 0. The molecule has 0 radical (unpaired) electrons. The van der Waals surface area contributed by atoms with Crippen LogP contribution in [0.1, 0.15) is 24.8 Å². The molecule has 0 fully saturated rings. The summed E-state index contributed by atoms with van der Waals surface area (Å²) in [5, 5.41) is 11.6. The standard InChI is InChI=1S/C15H18NO5P/c1-10(11-3-2-4-13(17)8-11)7-12-5-6-14(18)9-15(12)16-22(19,20)21/h2-6,8-10,12,17H,7H2,1H3,(H3,16,19,20,21). The van der Waals surface area contributed by atoms with E-state index in [-0.39, 0.29) is 29.1 Å². The minimum atomic E-state index is -4.47. The number of aromatic hydroxyl groups is 1. The molecule has 0 bridgehead atoms. The van der Waals surface area contributed by atoms with Gasteiger partial charge in [-0.1, -0.05) is 25.1 Å². The van der Waals surface area contributed by atoms with Crippen LogP contribution >= 0.6 is 7.75 Å². The number of rotatable bonds is 5. The molecule has 0 aromatic heterocycles. The Labute approximate surface area is 128 Å². The van der Waals surface area contributed by atoms with E-state index in [0.717, 1.165) is 5.56 Å². The Morgan fingerprint density at radius 3 is 2.73 bits per heavy atom. The van der Waals surface area contributed by atoms with Crippen molar-refractivity contribution >= 4 is 13.5 Å². The molecule has 0 spiro atoms. The Morgan fingerprint density at radius 2 is 2.09 bits per heavy atom. The van der Waals surface area contributed by atoms with E-state index >= 15 is 0 Å². The second kappa shape index (κ2) is 6.48.